The lowest BCUT2D eigenvalue weighted by atomic mass is 10.0. The number of sulfonamides is 1. The molecule has 7 nitrogen and oxygen atoms in total. The van der Waals surface area contributed by atoms with Crippen LogP contribution in [0.3, 0.4) is 0 Å². The topological polar surface area (TPSA) is 93.6 Å². The van der Waals surface area contributed by atoms with E-state index in [9.17, 15) is 8.42 Å². The largest absolute Gasteiger partial charge is 0.369 e. The van der Waals surface area contributed by atoms with Gasteiger partial charge in [-0.3, -0.25) is 0 Å². The Labute approximate surface area is 188 Å². The fourth-order valence-corrected chi connectivity index (χ4v) is 6.78. The lowest BCUT2D eigenvalue weighted by Crippen LogP contribution is -2.50. The summed E-state index contributed by atoms with van der Waals surface area (Å²) in [6.07, 6.45) is 3.57. The minimum atomic E-state index is -3.70. The van der Waals surface area contributed by atoms with Crippen LogP contribution in [0.1, 0.15) is 11.8 Å². The summed E-state index contributed by atoms with van der Waals surface area (Å²) in [5.74, 6) is -0.960. The first kappa shape index (κ1) is 20.7. The molecule has 1 atom stereocenters. The number of aliphatic imine (C=N–C) groups is 1. The summed E-state index contributed by atoms with van der Waals surface area (Å²) in [6.45, 7) is 1.61. The average Bonchev–Trinajstić information content (AvgIpc) is 3.41. The molecule has 0 spiro atoms. The predicted octanol–water partition coefficient (Wildman–Crippen LogP) is 3.70. The van der Waals surface area contributed by atoms with Crippen molar-refractivity contribution in [2.75, 3.05) is 12.8 Å². The Bertz CT molecular complexity index is 1460. The van der Waals surface area contributed by atoms with Crippen LogP contribution in [0.5, 0.6) is 0 Å². The minimum absolute atomic E-state index is 0.148. The fourth-order valence-electron chi connectivity index (χ4n) is 3.94. The van der Waals surface area contributed by atoms with Crippen LogP contribution in [0.2, 0.25) is 0 Å². The molecule has 32 heavy (non-hydrogen) atoms. The molecule has 0 radical (unpaired) electrons. The number of nitrogens with two attached hydrogens (primary N) is 1. The normalized spacial score (nSPS) is 20.5. The van der Waals surface area contributed by atoms with Gasteiger partial charge in [-0.2, -0.15) is 5.10 Å². The van der Waals surface area contributed by atoms with Crippen LogP contribution < -0.4 is 5.73 Å². The molecule has 10 heteroatoms. The van der Waals surface area contributed by atoms with Gasteiger partial charge in [0, 0.05) is 29.5 Å². The lowest BCUT2D eigenvalue weighted by molar-refractivity contribution is 0.467. The number of rotatable bonds is 3. The number of fused-ring (bicyclic) bond motifs is 1. The van der Waals surface area contributed by atoms with E-state index in [1.807, 2.05) is 42.6 Å². The van der Waals surface area contributed by atoms with Crippen molar-refractivity contribution in [3.63, 3.8) is 0 Å². The van der Waals surface area contributed by atoms with Gasteiger partial charge in [-0.05, 0) is 36.2 Å². The summed E-state index contributed by atoms with van der Waals surface area (Å²) in [7, 11) is -2.35. The van der Waals surface area contributed by atoms with Gasteiger partial charge in [-0.15, -0.1) is 11.3 Å². The molecule has 1 aliphatic heterocycles. The number of halogens is 1. The third-order valence-corrected chi connectivity index (χ3v) is 9.07. The van der Waals surface area contributed by atoms with E-state index in [-0.39, 0.29) is 16.6 Å². The van der Waals surface area contributed by atoms with Crippen molar-refractivity contribution < 1.29 is 12.8 Å². The molecule has 164 valence electrons. The average molecular weight is 470 g/mol. The molecule has 0 aliphatic carbocycles. The second-order valence-electron chi connectivity index (χ2n) is 7.89. The fraction of sp³-hybridized carbons (Fsp3) is 0.182. The summed E-state index contributed by atoms with van der Waals surface area (Å²) in [6, 6.07) is 15.1. The highest BCUT2D eigenvalue weighted by Crippen LogP contribution is 2.44. The summed E-state index contributed by atoms with van der Waals surface area (Å²) >= 11 is 1.22. The molecule has 2 aromatic carbocycles. The zero-order chi connectivity index (χ0) is 22.7. The van der Waals surface area contributed by atoms with Crippen LogP contribution in [-0.2, 0) is 15.6 Å². The first-order valence-corrected chi connectivity index (χ1v) is 12.3. The number of guanidine groups is 1. The predicted molar refractivity (Wildman–Crippen MR) is 125 cm³/mol. The third-order valence-electron chi connectivity index (χ3n) is 5.66. The van der Waals surface area contributed by atoms with E-state index in [0.717, 1.165) is 25.8 Å². The molecular formula is C22H20FN5O2S2. The molecular weight excluding hydrogens is 449 g/mol. The van der Waals surface area contributed by atoms with Crippen LogP contribution in [0.25, 0.3) is 26.9 Å². The van der Waals surface area contributed by atoms with Gasteiger partial charge in [0.05, 0.1) is 16.3 Å². The first-order chi connectivity index (χ1) is 15.2. The van der Waals surface area contributed by atoms with E-state index >= 15 is 4.39 Å². The smallest absolute Gasteiger partial charge is 0.239 e. The van der Waals surface area contributed by atoms with Crippen LogP contribution in [0.4, 0.5) is 4.39 Å². The van der Waals surface area contributed by atoms with Crippen LogP contribution >= 0.6 is 11.3 Å². The summed E-state index contributed by atoms with van der Waals surface area (Å²) in [5, 5.41) is 4.67. The van der Waals surface area contributed by atoms with Crippen molar-refractivity contribution in [2.45, 2.75) is 12.5 Å². The van der Waals surface area contributed by atoms with Crippen LogP contribution in [-0.4, -0.2) is 41.3 Å². The van der Waals surface area contributed by atoms with Gasteiger partial charge in [0.15, 0.2) is 0 Å². The van der Waals surface area contributed by atoms with E-state index in [2.05, 4.69) is 10.1 Å². The maximum Gasteiger partial charge on any atom is 0.239 e. The number of hydrogen-bond acceptors (Lipinski definition) is 6. The standard InChI is InChI=1S/C22H20FN5O2S2/c1-22(13-32(29,30)27(2)21(24)26-22)20-18(23)17-6-3-5-16(19(17)31-20)14-7-9-15(10-8-14)28-12-4-11-25-28/h3-12H,13H2,1-2H3,(H2,24,26)/t22-/m0/s1. The van der Waals surface area contributed by atoms with Gasteiger partial charge < -0.3 is 5.73 Å². The Kier molecular flexibility index (Phi) is 4.61. The van der Waals surface area contributed by atoms with E-state index < -0.39 is 21.4 Å². The third kappa shape index (κ3) is 3.18. The Morgan fingerprint density at radius 1 is 1.16 bits per heavy atom. The highest BCUT2D eigenvalue weighted by atomic mass is 32.2. The monoisotopic (exact) mass is 469 g/mol. The van der Waals surface area contributed by atoms with Crippen LogP contribution in [0, 0.1) is 5.82 Å². The molecule has 0 unspecified atom stereocenters. The van der Waals surface area contributed by atoms with Gasteiger partial charge in [0.1, 0.15) is 11.4 Å². The summed E-state index contributed by atoms with van der Waals surface area (Å²) in [5.41, 5.74) is 7.25. The molecule has 0 saturated heterocycles. The van der Waals surface area contributed by atoms with Crippen molar-refractivity contribution in [3.05, 3.63) is 71.6 Å². The number of thiophene rings is 1. The minimum Gasteiger partial charge on any atom is -0.369 e. The van der Waals surface area contributed by atoms with Crippen molar-refractivity contribution in [3.8, 4) is 16.8 Å². The first-order valence-electron chi connectivity index (χ1n) is 9.83. The quantitative estimate of drug-likeness (QED) is 0.495. The van der Waals surface area contributed by atoms with Crippen molar-refractivity contribution in [1.29, 1.82) is 0 Å². The zero-order valence-electron chi connectivity index (χ0n) is 17.4. The maximum atomic E-state index is 15.6. The highest BCUT2D eigenvalue weighted by Gasteiger charge is 2.43. The van der Waals surface area contributed by atoms with Crippen LogP contribution in [0.15, 0.2) is 65.9 Å². The SMILES string of the molecule is CN1C(N)=N[C@](C)(c2sc3c(-c4ccc(-n5cccn5)cc4)cccc3c2F)CS1(=O)=O. The molecule has 0 amide bonds. The lowest BCUT2D eigenvalue weighted by Gasteiger charge is -2.33. The number of benzene rings is 2. The molecule has 2 aromatic heterocycles. The van der Waals surface area contributed by atoms with Gasteiger partial charge in [-0.1, -0.05) is 30.3 Å². The summed E-state index contributed by atoms with van der Waals surface area (Å²) < 4.78 is 44.1. The Balaban J connectivity index is 1.64. The molecule has 0 fully saturated rings. The van der Waals surface area contributed by atoms with E-state index in [4.69, 9.17) is 5.73 Å². The van der Waals surface area contributed by atoms with Gasteiger partial charge in [0.25, 0.3) is 0 Å². The van der Waals surface area contributed by atoms with Gasteiger partial charge >= 0.3 is 0 Å². The van der Waals surface area contributed by atoms with Crippen molar-refractivity contribution in [1.82, 2.24) is 14.1 Å². The van der Waals surface area contributed by atoms with E-state index in [0.29, 0.717) is 5.39 Å². The van der Waals surface area contributed by atoms with E-state index in [1.54, 1.807) is 29.9 Å². The molecule has 4 aromatic rings. The molecule has 0 bridgehead atoms. The van der Waals surface area contributed by atoms with E-state index in [1.165, 1.54) is 18.4 Å². The molecule has 2 N–H and O–H groups in total. The second kappa shape index (κ2) is 7.14. The Hall–Kier alpha value is -3.24. The van der Waals surface area contributed by atoms with Crippen molar-refractivity contribution >= 4 is 37.4 Å². The number of nitrogens with zero attached hydrogens (tertiary/aromatic N) is 4. The molecule has 1 aliphatic rings. The summed E-state index contributed by atoms with van der Waals surface area (Å²) in [4.78, 5) is 4.62. The van der Waals surface area contributed by atoms with Gasteiger partial charge in [0.2, 0.25) is 16.0 Å². The second-order valence-corrected chi connectivity index (χ2v) is 10.9. The molecule has 5 rings (SSSR count). The number of hydrogen-bond donors (Lipinski definition) is 1. The molecule has 3 heterocycles. The number of aromatic nitrogens is 2. The Morgan fingerprint density at radius 2 is 1.91 bits per heavy atom. The molecule has 0 saturated carbocycles. The van der Waals surface area contributed by atoms with Gasteiger partial charge in [-0.25, -0.2) is 26.8 Å². The van der Waals surface area contributed by atoms with Crippen molar-refractivity contribution in [2.24, 2.45) is 10.7 Å². The highest BCUT2D eigenvalue weighted by molar-refractivity contribution is 7.89. The maximum absolute atomic E-state index is 15.6. The zero-order valence-corrected chi connectivity index (χ0v) is 19.0. The Morgan fingerprint density at radius 3 is 2.56 bits per heavy atom.